The highest BCUT2D eigenvalue weighted by atomic mass is 35.5. The molecule has 0 bridgehead atoms. The molecule has 16 heavy (non-hydrogen) atoms. The molecule has 86 valence electrons. The van der Waals surface area contributed by atoms with Crippen LogP contribution in [0.2, 0.25) is 10.0 Å². The smallest absolute Gasteiger partial charge is 0.338 e. The molecule has 0 atom stereocenters. The number of hydrogen-bond donors (Lipinski definition) is 0. The van der Waals surface area contributed by atoms with Gasteiger partial charge in [-0.05, 0) is 31.5 Å². The Labute approximate surface area is 105 Å². The van der Waals surface area contributed by atoms with Crippen molar-refractivity contribution in [2.45, 2.75) is 13.8 Å². The van der Waals surface area contributed by atoms with Gasteiger partial charge in [0, 0.05) is 0 Å². The summed E-state index contributed by atoms with van der Waals surface area (Å²) in [6, 6.07) is 5.04. The molecule has 0 aliphatic carbocycles. The predicted molar refractivity (Wildman–Crippen MR) is 66.7 cm³/mol. The quantitative estimate of drug-likeness (QED) is 0.606. The molecule has 0 unspecified atom stereocenters. The van der Waals surface area contributed by atoms with Crippen LogP contribution in [0.1, 0.15) is 19.4 Å². The highest BCUT2D eigenvalue weighted by Gasteiger charge is 2.12. The van der Waals surface area contributed by atoms with Crippen molar-refractivity contribution in [2.75, 3.05) is 6.61 Å². The summed E-state index contributed by atoms with van der Waals surface area (Å²) in [4.78, 5) is 11.6. The van der Waals surface area contributed by atoms with Crippen LogP contribution in [0.25, 0.3) is 5.57 Å². The zero-order valence-corrected chi connectivity index (χ0v) is 10.6. The summed E-state index contributed by atoms with van der Waals surface area (Å²) in [5.74, 6) is -0.358. The van der Waals surface area contributed by atoms with Crippen molar-refractivity contribution >= 4 is 34.7 Å². The summed E-state index contributed by atoms with van der Waals surface area (Å²) in [6.45, 7) is 3.88. The zero-order valence-electron chi connectivity index (χ0n) is 9.09. The molecule has 0 heterocycles. The Bertz CT molecular complexity index is 425. The normalized spacial score (nSPS) is 11.4. The lowest BCUT2D eigenvalue weighted by molar-refractivity contribution is -0.136. The minimum atomic E-state index is -0.358. The zero-order chi connectivity index (χ0) is 12.1. The van der Waals surface area contributed by atoms with Gasteiger partial charge in [0.1, 0.15) is 0 Å². The third kappa shape index (κ3) is 3.00. The van der Waals surface area contributed by atoms with E-state index in [0.717, 1.165) is 0 Å². The Hall–Kier alpha value is -0.990. The summed E-state index contributed by atoms with van der Waals surface area (Å²) in [6.07, 6.45) is 1.69. The van der Waals surface area contributed by atoms with Crippen LogP contribution in [0.3, 0.4) is 0 Å². The molecule has 0 N–H and O–H groups in total. The highest BCUT2D eigenvalue weighted by Crippen LogP contribution is 2.26. The van der Waals surface area contributed by atoms with Crippen molar-refractivity contribution in [3.8, 4) is 0 Å². The van der Waals surface area contributed by atoms with E-state index in [1.807, 2.05) is 0 Å². The van der Waals surface area contributed by atoms with Gasteiger partial charge in [0.2, 0.25) is 0 Å². The van der Waals surface area contributed by atoms with E-state index >= 15 is 0 Å². The maximum Gasteiger partial charge on any atom is 0.338 e. The minimum absolute atomic E-state index is 0.345. The Morgan fingerprint density at radius 3 is 2.56 bits per heavy atom. The molecule has 0 amide bonds. The number of benzene rings is 1. The molecule has 1 rings (SSSR count). The summed E-state index contributed by atoms with van der Waals surface area (Å²) >= 11 is 11.7. The van der Waals surface area contributed by atoms with Crippen molar-refractivity contribution in [1.29, 1.82) is 0 Å². The lowest BCUT2D eigenvalue weighted by atomic mass is 10.1. The van der Waals surface area contributed by atoms with E-state index in [1.54, 1.807) is 38.1 Å². The number of ether oxygens (including phenoxy) is 1. The number of esters is 1. The molecule has 0 spiro atoms. The number of rotatable bonds is 3. The lowest BCUT2D eigenvalue weighted by Gasteiger charge is -2.07. The fourth-order valence-corrected chi connectivity index (χ4v) is 1.57. The van der Waals surface area contributed by atoms with Crippen LogP contribution in [0.4, 0.5) is 0 Å². The van der Waals surface area contributed by atoms with Crippen molar-refractivity contribution in [3.05, 3.63) is 39.9 Å². The Morgan fingerprint density at radius 2 is 2.06 bits per heavy atom. The topological polar surface area (TPSA) is 26.3 Å². The van der Waals surface area contributed by atoms with Crippen LogP contribution in [0.5, 0.6) is 0 Å². The van der Waals surface area contributed by atoms with Crippen LogP contribution in [-0.4, -0.2) is 12.6 Å². The number of hydrogen-bond acceptors (Lipinski definition) is 2. The van der Waals surface area contributed by atoms with Crippen molar-refractivity contribution < 1.29 is 9.53 Å². The van der Waals surface area contributed by atoms with Gasteiger partial charge in [0.05, 0.1) is 22.2 Å². The van der Waals surface area contributed by atoms with Gasteiger partial charge < -0.3 is 4.74 Å². The molecular formula is C12H12Cl2O2. The van der Waals surface area contributed by atoms with Gasteiger partial charge in [-0.2, -0.15) is 0 Å². The molecule has 0 aromatic heterocycles. The van der Waals surface area contributed by atoms with Crippen LogP contribution in [0, 0.1) is 0 Å². The SMILES string of the molecule is CC=C(C(=O)OCC)c1ccc(Cl)c(Cl)c1. The molecule has 0 saturated carbocycles. The van der Waals surface area contributed by atoms with E-state index in [2.05, 4.69) is 0 Å². The van der Waals surface area contributed by atoms with Gasteiger partial charge in [-0.1, -0.05) is 35.3 Å². The van der Waals surface area contributed by atoms with Gasteiger partial charge in [0.15, 0.2) is 0 Å². The van der Waals surface area contributed by atoms with E-state index in [1.165, 1.54) is 0 Å². The van der Waals surface area contributed by atoms with Crippen LogP contribution < -0.4 is 0 Å². The molecule has 2 nitrogen and oxygen atoms in total. The van der Waals surface area contributed by atoms with E-state index in [4.69, 9.17) is 27.9 Å². The van der Waals surface area contributed by atoms with Gasteiger partial charge in [-0.3, -0.25) is 0 Å². The first-order chi connectivity index (χ1) is 7.60. The highest BCUT2D eigenvalue weighted by molar-refractivity contribution is 6.42. The lowest BCUT2D eigenvalue weighted by Crippen LogP contribution is -2.06. The first kappa shape index (κ1) is 13.1. The molecule has 0 aliphatic heterocycles. The minimum Gasteiger partial charge on any atom is -0.462 e. The number of allylic oxidation sites excluding steroid dienone is 1. The maximum absolute atomic E-state index is 11.6. The second kappa shape index (κ2) is 5.92. The van der Waals surface area contributed by atoms with E-state index in [9.17, 15) is 4.79 Å². The number of carbonyl (C=O) groups is 1. The molecule has 1 aromatic rings. The Kier molecular flexibility index (Phi) is 4.84. The molecular weight excluding hydrogens is 247 g/mol. The van der Waals surface area contributed by atoms with Crippen molar-refractivity contribution in [1.82, 2.24) is 0 Å². The summed E-state index contributed by atoms with van der Waals surface area (Å²) in [5.41, 5.74) is 1.19. The molecule has 1 aromatic carbocycles. The van der Waals surface area contributed by atoms with Crippen molar-refractivity contribution in [2.24, 2.45) is 0 Å². The summed E-state index contributed by atoms with van der Waals surface area (Å²) < 4.78 is 4.94. The standard InChI is InChI=1S/C12H12Cl2O2/c1-3-9(12(15)16-4-2)8-5-6-10(13)11(14)7-8/h3,5-7H,4H2,1-2H3. The fourth-order valence-electron chi connectivity index (χ4n) is 1.27. The second-order valence-corrected chi connectivity index (χ2v) is 3.87. The fraction of sp³-hybridized carbons (Fsp3) is 0.250. The third-order valence-electron chi connectivity index (χ3n) is 2.01. The first-order valence-electron chi connectivity index (χ1n) is 4.89. The predicted octanol–water partition coefficient (Wildman–Crippen LogP) is 3.96. The molecule has 0 saturated heterocycles. The molecule has 0 radical (unpaired) electrons. The van der Waals surface area contributed by atoms with Crippen LogP contribution in [0.15, 0.2) is 24.3 Å². The molecule has 4 heteroatoms. The van der Waals surface area contributed by atoms with Crippen LogP contribution >= 0.6 is 23.2 Å². The Balaban J connectivity index is 3.06. The number of carbonyl (C=O) groups excluding carboxylic acids is 1. The second-order valence-electron chi connectivity index (χ2n) is 3.05. The third-order valence-corrected chi connectivity index (χ3v) is 2.75. The monoisotopic (exact) mass is 258 g/mol. The van der Waals surface area contributed by atoms with Gasteiger partial charge in [-0.15, -0.1) is 0 Å². The Morgan fingerprint density at radius 1 is 1.38 bits per heavy atom. The maximum atomic E-state index is 11.6. The number of halogens is 2. The van der Waals surface area contributed by atoms with Gasteiger partial charge in [-0.25, -0.2) is 4.79 Å². The van der Waals surface area contributed by atoms with Crippen molar-refractivity contribution in [3.63, 3.8) is 0 Å². The van der Waals surface area contributed by atoms with E-state index < -0.39 is 0 Å². The average Bonchev–Trinajstić information content (AvgIpc) is 2.25. The molecule has 0 aliphatic rings. The van der Waals surface area contributed by atoms with Gasteiger partial charge in [0.25, 0.3) is 0 Å². The molecule has 0 fully saturated rings. The van der Waals surface area contributed by atoms with E-state index in [-0.39, 0.29) is 5.97 Å². The van der Waals surface area contributed by atoms with Crippen LogP contribution in [-0.2, 0) is 9.53 Å². The summed E-state index contributed by atoms with van der Waals surface area (Å²) in [7, 11) is 0. The summed E-state index contributed by atoms with van der Waals surface area (Å²) in [5, 5.41) is 0.882. The largest absolute Gasteiger partial charge is 0.462 e. The van der Waals surface area contributed by atoms with E-state index in [0.29, 0.717) is 27.8 Å². The van der Waals surface area contributed by atoms with Gasteiger partial charge >= 0.3 is 5.97 Å². The first-order valence-corrected chi connectivity index (χ1v) is 5.64. The average molecular weight is 259 g/mol.